The van der Waals surface area contributed by atoms with Crippen LogP contribution in [0.2, 0.25) is 5.02 Å². The zero-order chi connectivity index (χ0) is 14.8. The van der Waals surface area contributed by atoms with Gasteiger partial charge in [0.15, 0.2) is 0 Å². The van der Waals surface area contributed by atoms with Gasteiger partial charge in [0.1, 0.15) is 5.82 Å². The molecule has 2 aromatic heterocycles. The van der Waals surface area contributed by atoms with Crippen molar-refractivity contribution >= 4 is 45.6 Å². The summed E-state index contributed by atoms with van der Waals surface area (Å²) in [6, 6.07) is 5.80. The Morgan fingerprint density at radius 3 is 2.95 bits per heavy atom. The van der Waals surface area contributed by atoms with Crippen LogP contribution in [0.25, 0.3) is 11.0 Å². The predicted molar refractivity (Wildman–Crippen MR) is 89.7 cm³/mol. The van der Waals surface area contributed by atoms with Crippen molar-refractivity contribution in [3.8, 4) is 0 Å². The van der Waals surface area contributed by atoms with Gasteiger partial charge in [-0.1, -0.05) is 18.5 Å². The number of hydrogen-bond donors (Lipinski definition) is 0. The molecule has 2 heterocycles. The highest BCUT2D eigenvalue weighted by Crippen LogP contribution is 2.26. The van der Waals surface area contributed by atoms with Gasteiger partial charge in [-0.2, -0.15) is 0 Å². The van der Waals surface area contributed by atoms with E-state index >= 15 is 0 Å². The molecule has 0 fully saturated rings. The Morgan fingerprint density at radius 2 is 2.24 bits per heavy atom. The van der Waals surface area contributed by atoms with E-state index < -0.39 is 0 Å². The maximum absolute atomic E-state index is 6.14. The number of hydrogen-bond acceptors (Lipinski definition) is 3. The fourth-order valence-electron chi connectivity index (χ4n) is 2.45. The maximum atomic E-state index is 6.14. The average molecular weight is 340 g/mol. The Hall–Kier alpha value is -1.10. The van der Waals surface area contributed by atoms with Crippen LogP contribution in [0, 0.1) is 0 Å². The van der Waals surface area contributed by atoms with Gasteiger partial charge in [0, 0.05) is 41.4 Å². The molecular weight excluding hydrogens is 325 g/mol. The van der Waals surface area contributed by atoms with E-state index in [1.54, 1.807) is 11.3 Å². The molecule has 3 nitrogen and oxygen atoms in total. The summed E-state index contributed by atoms with van der Waals surface area (Å²) in [5, 5.41) is 3.87. The van der Waals surface area contributed by atoms with E-state index in [1.807, 2.05) is 29.8 Å². The molecular formula is C15H15Cl2N3S. The van der Waals surface area contributed by atoms with Crippen LogP contribution in [-0.4, -0.2) is 20.4 Å². The number of imidazole rings is 1. The number of aromatic nitrogens is 3. The van der Waals surface area contributed by atoms with E-state index in [1.165, 1.54) is 0 Å². The molecule has 110 valence electrons. The molecule has 0 aliphatic heterocycles. The molecule has 0 N–H and O–H groups in total. The van der Waals surface area contributed by atoms with E-state index in [4.69, 9.17) is 23.2 Å². The van der Waals surface area contributed by atoms with Gasteiger partial charge in [-0.3, -0.25) is 0 Å². The molecule has 1 unspecified atom stereocenters. The molecule has 0 aliphatic rings. The topological polar surface area (TPSA) is 30.7 Å². The third kappa shape index (κ3) is 3.07. The average Bonchev–Trinajstić information content (AvgIpc) is 3.09. The summed E-state index contributed by atoms with van der Waals surface area (Å²) in [6.07, 6.45) is 2.59. The summed E-state index contributed by atoms with van der Waals surface area (Å²) in [5.74, 6) is 1.89. The van der Waals surface area contributed by atoms with Crippen molar-refractivity contribution in [1.82, 2.24) is 14.5 Å². The molecule has 1 atom stereocenters. The van der Waals surface area contributed by atoms with Crippen molar-refractivity contribution in [2.24, 2.45) is 0 Å². The van der Waals surface area contributed by atoms with Crippen molar-refractivity contribution in [2.75, 3.05) is 5.88 Å². The number of rotatable bonds is 5. The Bertz CT molecular complexity index is 737. The minimum Gasteiger partial charge on any atom is -0.327 e. The van der Waals surface area contributed by atoms with Crippen molar-refractivity contribution in [3.05, 3.63) is 45.6 Å². The minimum absolute atomic E-state index is 0.329. The number of fused-ring (bicyclic) bond motifs is 1. The first-order valence-electron chi connectivity index (χ1n) is 6.79. The standard InChI is InChI=1S/C15H15Cl2N3S/c1-10(15-18-6-7-21-15)9-20-13-8-11(17)2-3-12(13)19-14(20)4-5-16/h2-3,6-8,10H,4-5,9H2,1H3. The highest BCUT2D eigenvalue weighted by Gasteiger charge is 2.15. The molecule has 3 aromatic rings. The second kappa shape index (κ2) is 6.34. The van der Waals surface area contributed by atoms with Gasteiger partial charge < -0.3 is 4.57 Å². The van der Waals surface area contributed by atoms with Crippen LogP contribution in [0.4, 0.5) is 0 Å². The van der Waals surface area contributed by atoms with Crippen LogP contribution in [-0.2, 0) is 13.0 Å². The molecule has 0 spiro atoms. The fraction of sp³-hybridized carbons (Fsp3) is 0.333. The van der Waals surface area contributed by atoms with Crippen molar-refractivity contribution < 1.29 is 0 Å². The predicted octanol–water partition coefficient (Wildman–Crippen LogP) is 4.73. The molecule has 0 saturated heterocycles. The Labute approximate surface area is 137 Å². The number of alkyl halides is 1. The number of nitrogens with zero attached hydrogens (tertiary/aromatic N) is 3. The smallest absolute Gasteiger partial charge is 0.111 e. The van der Waals surface area contributed by atoms with Gasteiger partial charge >= 0.3 is 0 Å². The Kier molecular flexibility index (Phi) is 4.48. The second-order valence-corrected chi connectivity index (χ2v) is 6.72. The lowest BCUT2D eigenvalue weighted by molar-refractivity contribution is 0.586. The Balaban J connectivity index is 2.02. The highest BCUT2D eigenvalue weighted by atomic mass is 35.5. The van der Waals surface area contributed by atoms with Gasteiger partial charge in [0.25, 0.3) is 0 Å². The third-order valence-electron chi connectivity index (χ3n) is 3.44. The van der Waals surface area contributed by atoms with Crippen molar-refractivity contribution in [2.45, 2.75) is 25.8 Å². The van der Waals surface area contributed by atoms with E-state index in [9.17, 15) is 0 Å². The van der Waals surface area contributed by atoms with E-state index in [-0.39, 0.29) is 0 Å². The number of aryl methyl sites for hydroxylation is 1. The fourth-order valence-corrected chi connectivity index (χ4v) is 3.48. The summed E-state index contributed by atoms with van der Waals surface area (Å²) in [4.78, 5) is 9.08. The van der Waals surface area contributed by atoms with Crippen LogP contribution < -0.4 is 0 Å². The Morgan fingerprint density at radius 1 is 1.38 bits per heavy atom. The summed E-state index contributed by atoms with van der Waals surface area (Å²) in [5.41, 5.74) is 2.02. The minimum atomic E-state index is 0.329. The summed E-state index contributed by atoms with van der Waals surface area (Å²) < 4.78 is 2.22. The molecule has 1 aromatic carbocycles. The van der Waals surface area contributed by atoms with Crippen molar-refractivity contribution in [3.63, 3.8) is 0 Å². The summed E-state index contributed by atoms with van der Waals surface area (Å²) >= 11 is 13.7. The quantitative estimate of drug-likeness (QED) is 0.629. The van der Waals surface area contributed by atoms with Crippen molar-refractivity contribution in [1.29, 1.82) is 0 Å². The monoisotopic (exact) mass is 339 g/mol. The lowest BCUT2D eigenvalue weighted by Gasteiger charge is -2.13. The number of thiazole rings is 1. The third-order valence-corrected chi connectivity index (χ3v) is 4.87. The van der Waals surface area contributed by atoms with Crippen LogP contribution in [0.15, 0.2) is 29.8 Å². The lowest BCUT2D eigenvalue weighted by atomic mass is 10.2. The van der Waals surface area contributed by atoms with Crippen LogP contribution in [0.5, 0.6) is 0 Å². The normalized spacial score (nSPS) is 12.9. The summed E-state index contributed by atoms with van der Waals surface area (Å²) in [6.45, 7) is 3.01. The first-order chi connectivity index (χ1) is 10.2. The zero-order valence-electron chi connectivity index (χ0n) is 11.6. The SMILES string of the molecule is CC(Cn1c(CCCl)nc2ccc(Cl)cc21)c1nccs1. The van der Waals surface area contributed by atoms with Gasteiger partial charge in [-0.15, -0.1) is 22.9 Å². The van der Waals surface area contributed by atoms with Gasteiger partial charge in [0.2, 0.25) is 0 Å². The largest absolute Gasteiger partial charge is 0.327 e. The zero-order valence-corrected chi connectivity index (χ0v) is 13.9. The lowest BCUT2D eigenvalue weighted by Crippen LogP contribution is -2.10. The number of benzene rings is 1. The van der Waals surface area contributed by atoms with Crippen LogP contribution >= 0.6 is 34.5 Å². The van der Waals surface area contributed by atoms with Crippen LogP contribution in [0.1, 0.15) is 23.7 Å². The van der Waals surface area contributed by atoms with E-state index in [0.29, 0.717) is 11.8 Å². The first-order valence-corrected chi connectivity index (χ1v) is 8.58. The molecule has 0 bridgehead atoms. The first kappa shape index (κ1) is 14.8. The molecule has 0 radical (unpaired) electrons. The van der Waals surface area contributed by atoms with E-state index in [0.717, 1.165) is 39.9 Å². The van der Waals surface area contributed by atoms with Crippen LogP contribution in [0.3, 0.4) is 0 Å². The summed E-state index contributed by atoms with van der Waals surface area (Å²) in [7, 11) is 0. The molecule has 6 heteroatoms. The highest BCUT2D eigenvalue weighted by molar-refractivity contribution is 7.09. The van der Waals surface area contributed by atoms with Gasteiger partial charge in [-0.05, 0) is 18.2 Å². The molecule has 21 heavy (non-hydrogen) atoms. The number of halogens is 2. The maximum Gasteiger partial charge on any atom is 0.111 e. The van der Waals surface area contributed by atoms with Gasteiger partial charge in [-0.25, -0.2) is 9.97 Å². The molecule has 0 saturated carbocycles. The molecule has 0 amide bonds. The second-order valence-electron chi connectivity index (χ2n) is 4.98. The van der Waals surface area contributed by atoms with E-state index in [2.05, 4.69) is 21.5 Å². The van der Waals surface area contributed by atoms with Gasteiger partial charge in [0.05, 0.1) is 16.0 Å². The molecule has 0 aliphatic carbocycles. The molecule has 3 rings (SSSR count).